The molecule has 1 fully saturated rings. The van der Waals surface area contributed by atoms with Gasteiger partial charge in [-0.3, -0.25) is 0 Å². The average Bonchev–Trinajstić information content (AvgIpc) is 3.56. The first-order valence-electron chi connectivity index (χ1n) is 11.0. The van der Waals surface area contributed by atoms with Crippen LogP contribution in [-0.4, -0.2) is 57.8 Å². The molecule has 0 spiro atoms. The monoisotopic (exact) mass is 461 g/mol. The molecule has 1 saturated carbocycles. The highest BCUT2D eigenvalue weighted by atomic mass is 32.1. The highest BCUT2D eigenvalue weighted by molar-refractivity contribution is 7.22. The van der Waals surface area contributed by atoms with Gasteiger partial charge >= 0.3 is 0 Å². The smallest absolute Gasteiger partial charge is 0.184 e. The van der Waals surface area contributed by atoms with E-state index in [4.69, 9.17) is 0 Å². The third-order valence-corrected chi connectivity index (χ3v) is 7.14. The van der Waals surface area contributed by atoms with Crippen LogP contribution in [0, 0.1) is 0 Å². The number of nitrogens with one attached hydrogen (secondary N) is 1. The van der Waals surface area contributed by atoms with Crippen LogP contribution in [0.25, 0.3) is 21.6 Å². The van der Waals surface area contributed by atoms with Crippen LogP contribution in [0.2, 0.25) is 0 Å². The van der Waals surface area contributed by atoms with Crippen molar-refractivity contribution in [3.8, 4) is 5.69 Å². The highest BCUT2D eigenvalue weighted by Crippen LogP contribution is 2.30. The molecule has 0 aliphatic heterocycles. The molecule has 0 bridgehead atoms. The quantitative estimate of drug-likeness (QED) is 0.369. The maximum absolute atomic E-state index is 10.3. The maximum atomic E-state index is 10.3. The number of benzene rings is 1. The number of imidazole rings is 1. The van der Waals surface area contributed by atoms with E-state index in [-0.39, 0.29) is 6.04 Å². The molecule has 168 valence electrons. The zero-order chi connectivity index (χ0) is 22.4. The van der Waals surface area contributed by atoms with E-state index in [0.717, 1.165) is 51.6 Å². The van der Waals surface area contributed by atoms with Gasteiger partial charge in [-0.05, 0) is 43.0 Å². The van der Waals surface area contributed by atoms with Crippen LogP contribution in [-0.2, 0) is 6.42 Å². The minimum atomic E-state index is -0.763. The molecule has 4 heterocycles. The van der Waals surface area contributed by atoms with Crippen molar-refractivity contribution in [1.29, 1.82) is 0 Å². The van der Waals surface area contributed by atoms with Crippen LogP contribution in [0.3, 0.4) is 0 Å². The zero-order valence-corrected chi connectivity index (χ0v) is 18.6. The van der Waals surface area contributed by atoms with E-state index in [1.165, 1.54) is 5.56 Å². The third kappa shape index (κ3) is 3.86. The predicted molar refractivity (Wildman–Crippen MR) is 126 cm³/mol. The minimum Gasteiger partial charge on any atom is -0.390 e. The van der Waals surface area contributed by atoms with Crippen molar-refractivity contribution in [2.75, 3.05) is 5.32 Å². The summed E-state index contributed by atoms with van der Waals surface area (Å²) in [6, 6.07) is 10.0. The summed E-state index contributed by atoms with van der Waals surface area (Å²) >= 11 is 1.57. The van der Waals surface area contributed by atoms with E-state index in [1.54, 1.807) is 28.5 Å². The molecular formula is C23H23N7O2S. The van der Waals surface area contributed by atoms with Crippen molar-refractivity contribution in [2.45, 2.75) is 43.9 Å². The normalized spacial score (nSPS) is 21.1. The molecule has 1 aliphatic carbocycles. The molecule has 1 aliphatic rings. The first-order valence-corrected chi connectivity index (χ1v) is 11.8. The number of hydrogen-bond acceptors (Lipinski definition) is 8. The van der Waals surface area contributed by atoms with E-state index in [2.05, 4.69) is 42.0 Å². The highest BCUT2D eigenvalue weighted by Gasteiger charge is 2.30. The lowest BCUT2D eigenvalue weighted by molar-refractivity contribution is -0.0161. The Hall–Kier alpha value is -3.34. The summed E-state index contributed by atoms with van der Waals surface area (Å²) in [5, 5.41) is 32.7. The number of aliphatic hydroxyl groups is 2. The number of nitrogens with zero attached hydrogens (tertiary/aromatic N) is 6. The lowest BCUT2D eigenvalue weighted by Gasteiger charge is -2.32. The van der Waals surface area contributed by atoms with Crippen molar-refractivity contribution >= 4 is 32.3 Å². The van der Waals surface area contributed by atoms with Gasteiger partial charge in [0, 0.05) is 30.6 Å². The SMILES string of the molecule is OC1C(Nc2nc3ccc(Cc4cnc5cc(-n6nccn6)ccn45)cc3s2)CCC[C@H]1O. The maximum Gasteiger partial charge on any atom is 0.184 e. The van der Waals surface area contributed by atoms with Crippen LogP contribution in [0.4, 0.5) is 5.13 Å². The van der Waals surface area contributed by atoms with Crippen LogP contribution in [0.5, 0.6) is 0 Å². The second kappa shape index (κ2) is 8.22. The van der Waals surface area contributed by atoms with Crippen LogP contribution >= 0.6 is 11.3 Å². The zero-order valence-electron chi connectivity index (χ0n) is 17.7. The van der Waals surface area contributed by atoms with E-state index in [1.807, 2.05) is 30.6 Å². The first-order chi connectivity index (χ1) is 16.1. The number of thiazole rings is 1. The Morgan fingerprint density at radius 1 is 1.09 bits per heavy atom. The molecule has 0 radical (unpaired) electrons. The molecule has 3 N–H and O–H groups in total. The lowest BCUT2D eigenvalue weighted by Crippen LogP contribution is -2.45. The van der Waals surface area contributed by atoms with Crippen molar-refractivity contribution in [1.82, 2.24) is 29.4 Å². The largest absolute Gasteiger partial charge is 0.390 e. The Kier molecular flexibility index (Phi) is 5.05. The molecule has 3 atom stereocenters. The van der Waals surface area contributed by atoms with Crippen molar-refractivity contribution < 1.29 is 10.2 Å². The van der Waals surface area contributed by atoms with Crippen molar-refractivity contribution in [3.05, 3.63) is 66.4 Å². The molecule has 33 heavy (non-hydrogen) atoms. The molecule has 1 aromatic carbocycles. The Balaban J connectivity index is 1.23. The fraction of sp³-hybridized carbons (Fsp3) is 0.304. The molecule has 6 rings (SSSR count). The Morgan fingerprint density at radius 2 is 1.97 bits per heavy atom. The van der Waals surface area contributed by atoms with Crippen LogP contribution < -0.4 is 5.32 Å². The summed E-state index contributed by atoms with van der Waals surface area (Å²) < 4.78 is 3.16. The van der Waals surface area contributed by atoms with Gasteiger partial charge in [-0.2, -0.15) is 15.0 Å². The molecule has 0 amide bonds. The van der Waals surface area contributed by atoms with Gasteiger partial charge in [0.15, 0.2) is 5.13 Å². The Labute approximate surface area is 193 Å². The van der Waals surface area contributed by atoms with Crippen LogP contribution in [0.1, 0.15) is 30.5 Å². The van der Waals surface area contributed by atoms with Crippen molar-refractivity contribution in [2.24, 2.45) is 0 Å². The van der Waals surface area contributed by atoms with Gasteiger partial charge in [-0.15, -0.1) is 0 Å². The van der Waals surface area contributed by atoms with Gasteiger partial charge < -0.3 is 19.9 Å². The predicted octanol–water partition coefficient (Wildman–Crippen LogP) is 2.80. The van der Waals surface area contributed by atoms with E-state index >= 15 is 0 Å². The number of pyridine rings is 1. The number of hydrogen-bond donors (Lipinski definition) is 3. The molecule has 5 aromatic rings. The Bertz CT molecular complexity index is 1410. The van der Waals surface area contributed by atoms with Crippen molar-refractivity contribution in [3.63, 3.8) is 0 Å². The fourth-order valence-electron chi connectivity index (χ4n) is 4.45. The molecule has 0 saturated heterocycles. The molecular weight excluding hydrogens is 438 g/mol. The van der Waals surface area contributed by atoms with Gasteiger partial charge in [0.2, 0.25) is 0 Å². The van der Waals surface area contributed by atoms with Gasteiger partial charge in [0.25, 0.3) is 0 Å². The Morgan fingerprint density at radius 3 is 2.85 bits per heavy atom. The summed E-state index contributed by atoms with van der Waals surface area (Å²) in [5.41, 5.74) is 4.90. The molecule has 10 heteroatoms. The molecule has 4 aromatic heterocycles. The summed E-state index contributed by atoms with van der Waals surface area (Å²) in [5.74, 6) is 0. The topological polar surface area (TPSA) is 113 Å². The minimum absolute atomic E-state index is 0.172. The third-order valence-electron chi connectivity index (χ3n) is 6.19. The summed E-state index contributed by atoms with van der Waals surface area (Å²) in [6.07, 6.45) is 8.86. The fourth-order valence-corrected chi connectivity index (χ4v) is 5.44. The second-order valence-corrected chi connectivity index (χ2v) is 9.45. The molecule has 9 nitrogen and oxygen atoms in total. The lowest BCUT2D eigenvalue weighted by atomic mass is 9.90. The number of fused-ring (bicyclic) bond motifs is 2. The summed E-state index contributed by atoms with van der Waals surface area (Å²) in [7, 11) is 0. The number of anilines is 1. The van der Waals surface area contributed by atoms with E-state index in [9.17, 15) is 10.2 Å². The van der Waals surface area contributed by atoms with E-state index in [0.29, 0.717) is 6.42 Å². The summed E-state index contributed by atoms with van der Waals surface area (Å²) in [6.45, 7) is 0. The average molecular weight is 462 g/mol. The van der Waals surface area contributed by atoms with Gasteiger partial charge in [-0.1, -0.05) is 17.4 Å². The molecule has 2 unspecified atom stereocenters. The number of aromatic nitrogens is 6. The van der Waals surface area contributed by atoms with Gasteiger partial charge in [-0.25, -0.2) is 9.97 Å². The standard InChI is InChI=1S/C23H23N7O2S/c31-19-3-1-2-18(22(19)32)28-23-27-17-5-4-14(11-20(17)33-23)10-16-13-24-21-12-15(6-9-29(16)21)30-25-7-8-26-30/h4-9,11-13,18-19,22,31-32H,1-3,10H2,(H,27,28)/t18?,19-,22?/m1/s1. The number of aliphatic hydroxyl groups excluding tert-OH is 2. The summed E-state index contributed by atoms with van der Waals surface area (Å²) in [4.78, 5) is 10.8. The number of rotatable bonds is 5. The second-order valence-electron chi connectivity index (χ2n) is 8.42. The van der Waals surface area contributed by atoms with Gasteiger partial charge in [0.05, 0.1) is 46.5 Å². The van der Waals surface area contributed by atoms with E-state index < -0.39 is 12.2 Å². The first kappa shape index (κ1) is 20.3. The van der Waals surface area contributed by atoms with Crippen LogP contribution in [0.15, 0.2) is 55.1 Å². The van der Waals surface area contributed by atoms with Gasteiger partial charge in [0.1, 0.15) is 5.65 Å².